The zero-order valence-electron chi connectivity index (χ0n) is 11.0. The summed E-state index contributed by atoms with van der Waals surface area (Å²) < 4.78 is 30.3. The van der Waals surface area contributed by atoms with Crippen LogP contribution in [0.25, 0.3) is 0 Å². The third-order valence-electron chi connectivity index (χ3n) is 1.86. The monoisotopic (exact) mass is 198 g/mol. The summed E-state index contributed by atoms with van der Waals surface area (Å²) in [6.45, 7) is 1.64. The summed E-state index contributed by atoms with van der Waals surface area (Å²) in [6.07, 6.45) is 0. The molecule has 0 bridgehead atoms. The van der Waals surface area contributed by atoms with Gasteiger partial charge in [0, 0.05) is 5.69 Å². The maximum atomic E-state index is 11.4. The summed E-state index contributed by atoms with van der Waals surface area (Å²) >= 11 is 0. The Labute approximate surface area is 86.8 Å². The van der Waals surface area contributed by atoms with E-state index in [2.05, 4.69) is 4.74 Å². The predicted octanol–water partition coefficient (Wildman–Crippen LogP) is 1.37. The Morgan fingerprint density at radius 3 is 2.86 bits per heavy atom. The van der Waals surface area contributed by atoms with Gasteiger partial charge in [0.15, 0.2) is 0 Å². The molecule has 1 aromatic carbocycles. The second-order valence-corrected chi connectivity index (χ2v) is 2.80. The maximum absolute atomic E-state index is 11.4. The summed E-state index contributed by atoms with van der Waals surface area (Å²) in [5.74, 6) is -0.558. The number of carbonyl (C=O) groups is 1. The van der Waals surface area contributed by atoms with Crippen LogP contribution in [-0.2, 0) is 4.74 Å². The van der Waals surface area contributed by atoms with E-state index < -0.39 is 13.0 Å². The highest BCUT2D eigenvalue weighted by atomic mass is 16.5. The molecule has 0 unspecified atom stereocenters. The second kappa shape index (κ2) is 4.00. The van der Waals surface area contributed by atoms with Crippen LogP contribution in [0.5, 0.6) is 5.75 Å². The highest BCUT2D eigenvalue weighted by molar-refractivity contribution is 5.95. The lowest BCUT2D eigenvalue weighted by Crippen LogP contribution is -2.06. The molecule has 0 spiro atoms. The van der Waals surface area contributed by atoms with Crippen molar-refractivity contribution in [2.75, 3.05) is 19.9 Å². The Hall–Kier alpha value is -1.71. The average molecular weight is 198 g/mol. The second-order valence-electron chi connectivity index (χ2n) is 2.80. The molecule has 1 rings (SSSR count). The van der Waals surface area contributed by atoms with Gasteiger partial charge in [-0.1, -0.05) is 0 Å². The number of hydrogen-bond donors (Lipinski definition) is 1. The van der Waals surface area contributed by atoms with Crippen molar-refractivity contribution < 1.29 is 18.4 Å². The number of hydrogen-bond acceptors (Lipinski definition) is 4. The Morgan fingerprint density at radius 1 is 1.57 bits per heavy atom. The summed E-state index contributed by atoms with van der Waals surface area (Å²) in [4.78, 5) is 11.4. The molecule has 0 aliphatic rings. The molecule has 0 saturated heterocycles. The minimum absolute atomic E-state index is 0.0809. The zero-order valence-corrected chi connectivity index (χ0v) is 7.96. The van der Waals surface area contributed by atoms with E-state index >= 15 is 0 Å². The molecule has 0 heterocycles. The smallest absolute Gasteiger partial charge is 0.340 e. The van der Waals surface area contributed by atoms with Crippen LogP contribution in [0.15, 0.2) is 12.1 Å². The van der Waals surface area contributed by atoms with E-state index in [0.717, 1.165) is 0 Å². The lowest BCUT2D eigenvalue weighted by Gasteiger charge is -2.09. The first-order valence-corrected chi connectivity index (χ1v) is 3.92. The standard InChI is InChI=1S/C10H13NO3/c1-6-4-8(11)7(10(12)14-3)5-9(6)13-2/h4-5H,11H2,1-3H3/i2D3. The Kier molecular flexibility index (Phi) is 1.91. The zero-order chi connectivity index (χ0) is 13.2. The fraction of sp³-hybridized carbons (Fsp3) is 0.300. The number of esters is 1. The molecule has 0 fully saturated rings. The average Bonchev–Trinajstić information content (AvgIpc) is 2.19. The number of nitrogen functional groups attached to an aromatic ring is 1. The molecule has 1 aromatic rings. The van der Waals surface area contributed by atoms with E-state index in [9.17, 15) is 4.79 Å². The number of ether oxygens (including phenoxy) is 2. The molecular formula is C10H13NO3. The number of benzene rings is 1. The van der Waals surface area contributed by atoms with Crippen LogP contribution in [0, 0.1) is 6.92 Å². The molecule has 2 N–H and O–H groups in total. The third-order valence-corrected chi connectivity index (χ3v) is 1.86. The number of methoxy groups -OCH3 is 2. The van der Waals surface area contributed by atoms with Crippen molar-refractivity contribution in [3.05, 3.63) is 23.3 Å². The van der Waals surface area contributed by atoms with Gasteiger partial charge in [-0.3, -0.25) is 0 Å². The molecule has 14 heavy (non-hydrogen) atoms. The summed E-state index contributed by atoms with van der Waals surface area (Å²) in [6, 6.07) is 2.73. The van der Waals surface area contributed by atoms with Crippen LogP contribution in [0.4, 0.5) is 5.69 Å². The van der Waals surface area contributed by atoms with Crippen LogP contribution >= 0.6 is 0 Å². The normalized spacial score (nSPS) is 13.7. The first kappa shape index (κ1) is 6.70. The van der Waals surface area contributed by atoms with Gasteiger partial charge in [-0.2, -0.15) is 0 Å². The molecular weight excluding hydrogens is 182 g/mol. The van der Waals surface area contributed by atoms with Gasteiger partial charge >= 0.3 is 5.97 Å². The molecule has 76 valence electrons. The largest absolute Gasteiger partial charge is 0.496 e. The minimum atomic E-state index is -2.58. The van der Waals surface area contributed by atoms with Gasteiger partial charge in [0.05, 0.1) is 23.8 Å². The van der Waals surface area contributed by atoms with Crippen molar-refractivity contribution in [3.8, 4) is 5.75 Å². The molecule has 0 aliphatic carbocycles. The Balaban J connectivity index is 3.19. The van der Waals surface area contributed by atoms with Gasteiger partial charge in [-0.25, -0.2) is 4.79 Å². The lowest BCUT2D eigenvalue weighted by atomic mass is 10.1. The minimum Gasteiger partial charge on any atom is -0.496 e. The van der Waals surface area contributed by atoms with Gasteiger partial charge in [-0.15, -0.1) is 0 Å². The van der Waals surface area contributed by atoms with E-state index in [4.69, 9.17) is 14.6 Å². The first-order chi connectivity index (χ1) is 7.74. The molecule has 0 aromatic heterocycles. The van der Waals surface area contributed by atoms with Gasteiger partial charge in [0.25, 0.3) is 0 Å². The number of nitrogens with two attached hydrogens (primary N) is 1. The summed E-state index contributed by atoms with van der Waals surface area (Å²) in [5.41, 5.74) is 6.46. The van der Waals surface area contributed by atoms with Crippen molar-refractivity contribution in [2.45, 2.75) is 6.92 Å². The summed E-state index contributed by atoms with van der Waals surface area (Å²) in [7, 11) is -1.36. The van der Waals surface area contributed by atoms with Crippen molar-refractivity contribution in [3.63, 3.8) is 0 Å². The number of carbonyl (C=O) groups excluding carboxylic acids is 1. The molecule has 4 nitrogen and oxygen atoms in total. The fourth-order valence-corrected chi connectivity index (χ4v) is 1.11. The van der Waals surface area contributed by atoms with E-state index in [1.807, 2.05) is 0 Å². The van der Waals surface area contributed by atoms with Crippen molar-refractivity contribution in [1.29, 1.82) is 0 Å². The van der Waals surface area contributed by atoms with Crippen molar-refractivity contribution in [1.82, 2.24) is 0 Å². The fourth-order valence-electron chi connectivity index (χ4n) is 1.11. The van der Waals surface area contributed by atoms with Crippen molar-refractivity contribution in [2.24, 2.45) is 0 Å². The highest BCUT2D eigenvalue weighted by Gasteiger charge is 2.12. The molecule has 0 atom stereocenters. The third kappa shape index (κ3) is 1.79. The van der Waals surface area contributed by atoms with Crippen LogP contribution in [0.1, 0.15) is 20.0 Å². The SMILES string of the molecule is [2H]C([2H])([2H])Oc1cc(C(=O)OC)c(N)cc1C. The van der Waals surface area contributed by atoms with Gasteiger partial charge in [-0.05, 0) is 24.6 Å². The maximum Gasteiger partial charge on any atom is 0.340 e. The number of rotatable bonds is 2. The Bertz CT molecular complexity index is 443. The predicted molar refractivity (Wildman–Crippen MR) is 53.5 cm³/mol. The molecule has 0 saturated carbocycles. The van der Waals surface area contributed by atoms with E-state index in [1.54, 1.807) is 6.92 Å². The molecule has 0 aliphatic heterocycles. The number of aryl methyl sites for hydroxylation is 1. The van der Waals surface area contributed by atoms with Gasteiger partial charge < -0.3 is 15.2 Å². The van der Waals surface area contributed by atoms with Crippen LogP contribution in [0.3, 0.4) is 0 Å². The lowest BCUT2D eigenvalue weighted by molar-refractivity contribution is 0.0601. The number of anilines is 1. The van der Waals surface area contributed by atoms with Crippen LogP contribution < -0.4 is 10.5 Å². The first-order valence-electron chi connectivity index (χ1n) is 5.42. The quantitative estimate of drug-likeness (QED) is 0.576. The van der Waals surface area contributed by atoms with E-state index in [1.165, 1.54) is 19.2 Å². The van der Waals surface area contributed by atoms with E-state index in [-0.39, 0.29) is 17.0 Å². The van der Waals surface area contributed by atoms with Gasteiger partial charge in [0.1, 0.15) is 5.75 Å². The van der Waals surface area contributed by atoms with Crippen LogP contribution in [-0.4, -0.2) is 20.1 Å². The molecule has 0 amide bonds. The van der Waals surface area contributed by atoms with E-state index in [0.29, 0.717) is 5.56 Å². The highest BCUT2D eigenvalue weighted by Crippen LogP contribution is 2.24. The van der Waals surface area contributed by atoms with Gasteiger partial charge in [0.2, 0.25) is 0 Å². The van der Waals surface area contributed by atoms with Crippen LogP contribution in [0.2, 0.25) is 0 Å². The summed E-state index contributed by atoms with van der Waals surface area (Å²) in [5, 5.41) is 0. The van der Waals surface area contributed by atoms with Crippen molar-refractivity contribution >= 4 is 11.7 Å². The molecule has 4 heteroatoms. The Morgan fingerprint density at radius 2 is 2.29 bits per heavy atom. The topological polar surface area (TPSA) is 61.5 Å². The molecule has 0 radical (unpaired) electrons.